The van der Waals surface area contributed by atoms with E-state index in [-0.39, 0.29) is 12.0 Å². The number of halogens is 2. The third-order valence-corrected chi connectivity index (χ3v) is 4.19. The number of hydrogen-bond donors (Lipinski definition) is 1. The van der Waals surface area contributed by atoms with Crippen LogP contribution in [0, 0.1) is 5.92 Å². The Kier molecular flexibility index (Phi) is 7.70. The van der Waals surface area contributed by atoms with E-state index in [0.29, 0.717) is 12.5 Å². The summed E-state index contributed by atoms with van der Waals surface area (Å²) < 4.78 is 11.9. The van der Waals surface area contributed by atoms with Crippen molar-refractivity contribution in [2.45, 2.75) is 32.9 Å². The Labute approximate surface area is 142 Å². The van der Waals surface area contributed by atoms with Gasteiger partial charge in [-0.3, -0.25) is 4.79 Å². The number of benzene rings is 1. The van der Waals surface area contributed by atoms with Crippen molar-refractivity contribution in [2.24, 2.45) is 5.92 Å². The van der Waals surface area contributed by atoms with Gasteiger partial charge in [-0.25, -0.2) is 0 Å². The minimum absolute atomic E-state index is 0.227. The van der Waals surface area contributed by atoms with Crippen molar-refractivity contribution in [3.8, 4) is 5.75 Å². The molecule has 1 atom stereocenters. The summed E-state index contributed by atoms with van der Waals surface area (Å²) in [6.45, 7) is 4.74. The summed E-state index contributed by atoms with van der Waals surface area (Å²) in [5.74, 6) is 0.941. The van der Waals surface area contributed by atoms with Crippen LogP contribution >= 0.6 is 31.9 Å². The van der Waals surface area contributed by atoms with Crippen LogP contribution in [0.25, 0.3) is 0 Å². The molecular weight excluding hydrogens is 402 g/mol. The van der Waals surface area contributed by atoms with Gasteiger partial charge in [0.25, 0.3) is 0 Å². The Hall–Kier alpha value is -0.590. The van der Waals surface area contributed by atoms with Gasteiger partial charge in [0.05, 0.1) is 23.2 Å². The Morgan fingerprint density at radius 2 is 1.81 bits per heavy atom. The van der Waals surface area contributed by atoms with Crippen molar-refractivity contribution in [1.82, 2.24) is 5.32 Å². The average Bonchev–Trinajstić information content (AvgIpc) is 2.42. The first kappa shape index (κ1) is 18.5. The molecule has 0 saturated carbocycles. The van der Waals surface area contributed by atoms with E-state index in [2.05, 4.69) is 51.0 Å². The van der Waals surface area contributed by atoms with Crippen LogP contribution < -0.4 is 10.1 Å². The molecular formula is C15H21Br2NO3. The summed E-state index contributed by atoms with van der Waals surface area (Å²) in [7, 11) is 3.04. The van der Waals surface area contributed by atoms with Gasteiger partial charge in [0.1, 0.15) is 11.8 Å². The predicted octanol–water partition coefficient (Wildman–Crippen LogP) is 3.90. The second kappa shape index (κ2) is 8.76. The molecule has 0 aliphatic heterocycles. The van der Waals surface area contributed by atoms with E-state index in [1.165, 1.54) is 7.11 Å². The van der Waals surface area contributed by atoms with Crippen molar-refractivity contribution < 1.29 is 14.3 Å². The fraction of sp³-hybridized carbons (Fsp3) is 0.533. The van der Waals surface area contributed by atoms with Crippen molar-refractivity contribution in [2.75, 3.05) is 14.2 Å². The topological polar surface area (TPSA) is 47.6 Å². The maximum absolute atomic E-state index is 11.8. The van der Waals surface area contributed by atoms with Crippen LogP contribution in [-0.2, 0) is 16.1 Å². The summed E-state index contributed by atoms with van der Waals surface area (Å²) >= 11 is 6.95. The molecule has 0 saturated heterocycles. The van der Waals surface area contributed by atoms with Crippen molar-refractivity contribution in [3.05, 3.63) is 26.6 Å². The maximum Gasteiger partial charge on any atom is 0.322 e. The van der Waals surface area contributed by atoms with E-state index in [1.807, 2.05) is 12.1 Å². The predicted molar refractivity (Wildman–Crippen MR) is 90.5 cm³/mol. The number of methoxy groups -OCH3 is 2. The summed E-state index contributed by atoms with van der Waals surface area (Å²) in [4.78, 5) is 11.8. The zero-order valence-electron chi connectivity index (χ0n) is 12.7. The molecule has 0 radical (unpaired) electrons. The molecule has 4 nitrogen and oxygen atoms in total. The highest BCUT2D eigenvalue weighted by Gasteiger charge is 2.20. The highest BCUT2D eigenvalue weighted by molar-refractivity contribution is 9.11. The summed E-state index contributed by atoms with van der Waals surface area (Å²) in [6.07, 6.45) is 0.741. The number of carbonyl (C=O) groups is 1. The van der Waals surface area contributed by atoms with Crippen LogP contribution in [-0.4, -0.2) is 26.2 Å². The van der Waals surface area contributed by atoms with Gasteiger partial charge in [-0.15, -0.1) is 0 Å². The van der Waals surface area contributed by atoms with E-state index < -0.39 is 0 Å². The smallest absolute Gasteiger partial charge is 0.322 e. The normalized spacial score (nSPS) is 12.3. The fourth-order valence-electron chi connectivity index (χ4n) is 2.03. The number of ether oxygens (including phenoxy) is 2. The van der Waals surface area contributed by atoms with E-state index >= 15 is 0 Å². The molecule has 1 N–H and O–H groups in total. The first-order valence-electron chi connectivity index (χ1n) is 6.72. The van der Waals surface area contributed by atoms with Gasteiger partial charge in [-0.1, -0.05) is 13.8 Å². The third kappa shape index (κ3) is 5.60. The standard InChI is InChI=1S/C15H21Br2NO3/c1-9(2)5-13(15(19)21-4)18-8-10-6-11(16)14(20-3)12(17)7-10/h6-7,9,13,18H,5,8H2,1-4H3. The van der Waals surface area contributed by atoms with Gasteiger partial charge in [0, 0.05) is 6.54 Å². The van der Waals surface area contributed by atoms with Crippen LogP contribution in [0.4, 0.5) is 0 Å². The van der Waals surface area contributed by atoms with E-state index in [0.717, 1.165) is 26.7 Å². The highest BCUT2D eigenvalue weighted by Crippen LogP contribution is 2.34. The van der Waals surface area contributed by atoms with Gasteiger partial charge < -0.3 is 14.8 Å². The van der Waals surface area contributed by atoms with Crippen molar-refractivity contribution in [3.63, 3.8) is 0 Å². The summed E-state index contributed by atoms with van der Waals surface area (Å²) in [5, 5.41) is 3.25. The molecule has 0 aliphatic carbocycles. The molecule has 1 unspecified atom stereocenters. The second-order valence-electron chi connectivity index (χ2n) is 5.18. The van der Waals surface area contributed by atoms with E-state index in [9.17, 15) is 4.79 Å². The molecule has 0 bridgehead atoms. The zero-order valence-corrected chi connectivity index (χ0v) is 15.9. The quantitative estimate of drug-likeness (QED) is 0.677. The van der Waals surface area contributed by atoms with Crippen LogP contribution in [0.15, 0.2) is 21.1 Å². The van der Waals surface area contributed by atoms with E-state index in [1.54, 1.807) is 7.11 Å². The number of nitrogens with one attached hydrogen (secondary N) is 1. The molecule has 21 heavy (non-hydrogen) atoms. The molecule has 0 amide bonds. The van der Waals surface area contributed by atoms with E-state index in [4.69, 9.17) is 9.47 Å². The molecule has 1 rings (SSSR count). The largest absolute Gasteiger partial charge is 0.494 e. The van der Waals surface area contributed by atoms with Crippen LogP contribution in [0.2, 0.25) is 0 Å². The van der Waals surface area contributed by atoms with Crippen LogP contribution in [0.5, 0.6) is 5.75 Å². The van der Waals surface area contributed by atoms with Crippen LogP contribution in [0.1, 0.15) is 25.8 Å². The highest BCUT2D eigenvalue weighted by atomic mass is 79.9. The molecule has 0 heterocycles. The van der Waals surface area contributed by atoms with Gasteiger partial charge in [0.2, 0.25) is 0 Å². The van der Waals surface area contributed by atoms with Gasteiger partial charge in [0.15, 0.2) is 0 Å². The molecule has 118 valence electrons. The summed E-state index contributed by atoms with van der Waals surface area (Å²) in [6, 6.07) is 3.65. The first-order chi connectivity index (χ1) is 9.88. The monoisotopic (exact) mass is 421 g/mol. The number of rotatable bonds is 7. The minimum atomic E-state index is -0.297. The molecule has 1 aromatic rings. The number of esters is 1. The Morgan fingerprint density at radius 1 is 1.24 bits per heavy atom. The van der Waals surface area contributed by atoms with Crippen molar-refractivity contribution >= 4 is 37.8 Å². The van der Waals surface area contributed by atoms with Gasteiger partial charge >= 0.3 is 5.97 Å². The Bertz CT molecular complexity index is 469. The van der Waals surface area contributed by atoms with Gasteiger partial charge in [-0.05, 0) is 61.9 Å². The second-order valence-corrected chi connectivity index (χ2v) is 6.89. The lowest BCUT2D eigenvalue weighted by Crippen LogP contribution is -2.38. The zero-order chi connectivity index (χ0) is 16.0. The molecule has 1 aromatic carbocycles. The third-order valence-electron chi connectivity index (χ3n) is 3.01. The summed E-state index contributed by atoms with van der Waals surface area (Å²) in [5.41, 5.74) is 1.05. The lowest BCUT2D eigenvalue weighted by atomic mass is 10.0. The molecule has 6 heteroatoms. The SMILES string of the molecule is COC(=O)C(CC(C)C)NCc1cc(Br)c(OC)c(Br)c1. The minimum Gasteiger partial charge on any atom is -0.494 e. The average molecular weight is 423 g/mol. The molecule has 0 aliphatic rings. The number of carbonyl (C=O) groups excluding carboxylic acids is 1. The fourth-order valence-corrected chi connectivity index (χ4v) is 3.63. The first-order valence-corrected chi connectivity index (χ1v) is 8.30. The lowest BCUT2D eigenvalue weighted by molar-refractivity contribution is -0.143. The number of hydrogen-bond acceptors (Lipinski definition) is 4. The lowest BCUT2D eigenvalue weighted by Gasteiger charge is -2.19. The van der Waals surface area contributed by atoms with Crippen molar-refractivity contribution in [1.29, 1.82) is 0 Å². The van der Waals surface area contributed by atoms with Crippen LogP contribution in [0.3, 0.4) is 0 Å². The Balaban J connectivity index is 2.78. The maximum atomic E-state index is 11.8. The molecule has 0 spiro atoms. The molecule has 0 aromatic heterocycles. The molecule has 0 fully saturated rings. The Morgan fingerprint density at radius 3 is 2.24 bits per heavy atom. The van der Waals surface area contributed by atoms with Gasteiger partial charge in [-0.2, -0.15) is 0 Å².